The molecule has 3 aromatic rings. The van der Waals surface area contributed by atoms with Crippen LogP contribution in [0.25, 0.3) is 10.4 Å². The fourth-order valence-electron chi connectivity index (χ4n) is 4.72. The minimum Gasteiger partial charge on any atom is -0.469 e. The quantitative estimate of drug-likeness (QED) is 0.415. The number of thiazole rings is 1. The number of carbonyl (C=O) groups is 1. The van der Waals surface area contributed by atoms with E-state index in [1.165, 1.54) is 18.4 Å². The minimum atomic E-state index is -4.56. The number of aliphatic hydroxyl groups is 1. The molecule has 0 saturated heterocycles. The van der Waals surface area contributed by atoms with Gasteiger partial charge in [0, 0.05) is 29.4 Å². The lowest BCUT2D eigenvalue weighted by molar-refractivity contribution is -0.158. The molecule has 0 bridgehead atoms. The molecule has 2 heterocycles. The lowest BCUT2D eigenvalue weighted by Gasteiger charge is -2.44. The number of nitrogens with one attached hydrogen (secondary N) is 1. The van der Waals surface area contributed by atoms with Crippen LogP contribution >= 0.6 is 11.3 Å². The van der Waals surface area contributed by atoms with Crippen LogP contribution in [0.15, 0.2) is 36.7 Å². The maximum absolute atomic E-state index is 13.0. The molecule has 1 aliphatic carbocycles. The first-order chi connectivity index (χ1) is 16.9. The molecule has 0 amide bonds. The van der Waals surface area contributed by atoms with Crippen molar-refractivity contribution in [3.05, 3.63) is 52.9 Å². The Kier molecular flexibility index (Phi) is 7.07. The number of halogens is 3. The average Bonchev–Trinajstić information content (AvgIpc) is 3.30. The summed E-state index contributed by atoms with van der Waals surface area (Å²) in [4.78, 5) is 25.1. The number of aliphatic hydroxyl groups excluding tert-OH is 1. The zero-order chi connectivity index (χ0) is 26.3. The fourth-order valence-corrected chi connectivity index (χ4v) is 5.79. The molecule has 0 radical (unpaired) electrons. The predicted octanol–water partition coefficient (Wildman–Crippen LogP) is 5.72. The fraction of sp³-hybridized carbons (Fsp3) is 0.440. The van der Waals surface area contributed by atoms with Crippen molar-refractivity contribution >= 4 is 28.9 Å². The van der Waals surface area contributed by atoms with Gasteiger partial charge in [-0.05, 0) is 49.1 Å². The number of carbonyl (C=O) groups excluding carboxylic acids is 1. The summed E-state index contributed by atoms with van der Waals surface area (Å²) in [7, 11) is 1.36. The third-order valence-corrected chi connectivity index (χ3v) is 7.88. The van der Waals surface area contributed by atoms with Crippen molar-refractivity contribution in [3.8, 4) is 10.4 Å². The van der Waals surface area contributed by atoms with E-state index in [9.17, 15) is 23.1 Å². The molecule has 192 valence electrons. The van der Waals surface area contributed by atoms with Crippen LogP contribution < -0.4 is 5.32 Å². The van der Waals surface area contributed by atoms with Crippen molar-refractivity contribution in [2.75, 3.05) is 12.4 Å². The first-order valence-corrected chi connectivity index (χ1v) is 12.2. The molecule has 0 spiro atoms. The maximum Gasteiger partial charge on any atom is 0.433 e. The first kappa shape index (κ1) is 26.0. The summed E-state index contributed by atoms with van der Waals surface area (Å²) in [5.41, 5.74) is 0.553. The van der Waals surface area contributed by atoms with Gasteiger partial charge in [-0.2, -0.15) is 13.2 Å². The van der Waals surface area contributed by atoms with Crippen LogP contribution in [0, 0.1) is 18.3 Å². The van der Waals surface area contributed by atoms with Gasteiger partial charge in [-0.1, -0.05) is 19.9 Å². The number of hydrogen-bond donors (Lipinski definition) is 2. The summed E-state index contributed by atoms with van der Waals surface area (Å²) >= 11 is 1.45. The van der Waals surface area contributed by atoms with Crippen LogP contribution in [0.5, 0.6) is 0 Å². The van der Waals surface area contributed by atoms with E-state index in [4.69, 9.17) is 4.74 Å². The van der Waals surface area contributed by atoms with Gasteiger partial charge >= 0.3 is 12.1 Å². The lowest BCUT2D eigenvalue weighted by atomic mass is 9.63. The van der Waals surface area contributed by atoms with Crippen molar-refractivity contribution in [1.29, 1.82) is 0 Å². The van der Waals surface area contributed by atoms with E-state index >= 15 is 0 Å². The molecular formula is C25H27F3N4O3S. The highest BCUT2D eigenvalue weighted by Gasteiger charge is 2.49. The smallest absolute Gasteiger partial charge is 0.433 e. The highest BCUT2D eigenvalue weighted by atomic mass is 32.1. The predicted molar refractivity (Wildman–Crippen MR) is 130 cm³/mol. The molecule has 1 saturated carbocycles. The van der Waals surface area contributed by atoms with E-state index in [1.807, 2.05) is 26.8 Å². The van der Waals surface area contributed by atoms with Crippen LogP contribution in [-0.2, 0) is 15.7 Å². The van der Waals surface area contributed by atoms with Gasteiger partial charge in [-0.15, -0.1) is 11.3 Å². The van der Waals surface area contributed by atoms with Crippen LogP contribution in [0.2, 0.25) is 0 Å². The summed E-state index contributed by atoms with van der Waals surface area (Å²) in [6, 6.07) is 6.35. The van der Waals surface area contributed by atoms with Gasteiger partial charge in [-0.25, -0.2) is 15.0 Å². The number of hydrogen-bond acceptors (Lipinski definition) is 8. The Morgan fingerprint density at radius 2 is 1.97 bits per heavy atom. The molecule has 7 nitrogen and oxygen atoms in total. The maximum atomic E-state index is 13.0. The van der Waals surface area contributed by atoms with Crippen molar-refractivity contribution in [2.45, 2.75) is 51.8 Å². The van der Waals surface area contributed by atoms with E-state index in [0.29, 0.717) is 18.5 Å². The van der Waals surface area contributed by atoms with Gasteiger partial charge < -0.3 is 15.2 Å². The number of anilines is 2. The zero-order valence-corrected chi connectivity index (χ0v) is 21.1. The van der Waals surface area contributed by atoms with Gasteiger partial charge in [0.1, 0.15) is 5.69 Å². The van der Waals surface area contributed by atoms with Gasteiger partial charge in [0.25, 0.3) is 0 Å². The molecule has 1 aromatic carbocycles. The van der Waals surface area contributed by atoms with Crippen LogP contribution in [0.4, 0.5) is 24.8 Å². The second-order valence-electron chi connectivity index (χ2n) is 9.56. The third-order valence-electron chi connectivity index (χ3n) is 6.70. The number of nitrogens with zero attached hydrogens (tertiary/aromatic N) is 3. The Morgan fingerprint density at radius 1 is 1.22 bits per heavy atom. The lowest BCUT2D eigenvalue weighted by Crippen LogP contribution is -2.47. The monoisotopic (exact) mass is 520 g/mol. The summed E-state index contributed by atoms with van der Waals surface area (Å²) in [6.07, 6.45) is -1.36. The first-order valence-electron chi connectivity index (χ1n) is 11.4. The van der Waals surface area contributed by atoms with Crippen molar-refractivity contribution in [2.24, 2.45) is 11.3 Å². The SMILES string of the molecule is COC(=O)C1CCC(c2ncc(-c3cc(C)cc(Nc4nccc(C(F)(F)F)n4)c3)s2)C(O)C1(C)C. The largest absolute Gasteiger partial charge is 0.469 e. The van der Waals surface area contributed by atoms with E-state index in [2.05, 4.69) is 20.3 Å². The molecule has 2 N–H and O–H groups in total. The highest BCUT2D eigenvalue weighted by Crippen LogP contribution is 2.49. The van der Waals surface area contributed by atoms with Crippen LogP contribution in [0.3, 0.4) is 0 Å². The van der Waals surface area contributed by atoms with Crippen LogP contribution in [-0.4, -0.2) is 39.2 Å². The highest BCUT2D eigenvalue weighted by molar-refractivity contribution is 7.15. The Labute approximate surface area is 210 Å². The number of esters is 1. The summed E-state index contributed by atoms with van der Waals surface area (Å²) in [5, 5.41) is 14.8. The second kappa shape index (κ2) is 9.78. The molecule has 4 rings (SSSR count). The Hall–Kier alpha value is -3.05. The van der Waals surface area contributed by atoms with E-state index < -0.39 is 29.3 Å². The standard InChI is InChI=1S/C25H27F3N4O3S/c1-13-9-14(11-15(10-13)31-23-29-8-7-19(32-23)25(26,27)28)18-12-30-21(36-18)16-5-6-17(22(34)35-4)24(2,3)20(16)33/h7-12,16-17,20,33H,5-6H2,1-4H3,(H,29,31,32). The molecule has 11 heteroatoms. The van der Waals surface area contributed by atoms with E-state index in [-0.39, 0.29) is 17.8 Å². The van der Waals surface area contributed by atoms with Gasteiger partial charge in [0.15, 0.2) is 0 Å². The van der Waals surface area contributed by atoms with Crippen LogP contribution in [0.1, 0.15) is 48.9 Å². The molecule has 2 aromatic heterocycles. The summed E-state index contributed by atoms with van der Waals surface area (Å²) in [5.74, 6) is -1.09. The molecular weight excluding hydrogens is 493 g/mol. The van der Waals surface area contributed by atoms with Gasteiger partial charge in [0.05, 0.1) is 29.0 Å². The third kappa shape index (κ3) is 5.22. The number of methoxy groups -OCH3 is 1. The normalized spacial score (nSPS) is 21.7. The van der Waals surface area contributed by atoms with Crippen molar-refractivity contribution in [3.63, 3.8) is 0 Å². The second-order valence-corrected chi connectivity index (χ2v) is 10.6. The van der Waals surface area contributed by atoms with E-state index in [1.54, 1.807) is 18.3 Å². The van der Waals surface area contributed by atoms with Crippen molar-refractivity contribution < 1.29 is 27.8 Å². The Balaban J connectivity index is 1.57. The summed E-state index contributed by atoms with van der Waals surface area (Å²) < 4.78 is 43.9. The van der Waals surface area contributed by atoms with Gasteiger partial charge in [0.2, 0.25) is 5.95 Å². The van der Waals surface area contributed by atoms with Crippen molar-refractivity contribution in [1.82, 2.24) is 15.0 Å². The number of alkyl halides is 3. The Bertz CT molecular complexity index is 1260. The zero-order valence-electron chi connectivity index (χ0n) is 20.3. The average molecular weight is 521 g/mol. The molecule has 36 heavy (non-hydrogen) atoms. The Morgan fingerprint density at radius 3 is 2.67 bits per heavy atom. The topological polar surface area (TPSA) is 97.2 Å². The molecule has 3 atom stereocenters. The number of ether oxygens (including phenoxy) is 1. The molecule has 1 aliphatic rings. The minimum absolute atomic E-state index is 0.154. The van der Waals surface area contributed by atoms with E-state index in [0.717, 1.165) is 33.3 Å². The van der Waals surface area contributed by atoms with Gasteiger partial charge in [-0.3, -0.25) is 4.79 Å². The molecule has 0 aliphatic heterocycles. The number of aryl methyl sites for hydroxylation is 1. The summed E-state index contributed by atoms with van der Waals surface area (Å²) in [6.45, 7) is 5.62. The number of aromatic nitrogens is 3. The number of benzene rings is 1. The number of rotatable bonds is 5. The molecule has 3 unspecified atom stereocenters. The molecule has 1 fully saturated rings.